The number of carbonyl (C=O) groups excluding carboxylic acids is 1. The van der Waals surface area contributed by atoms with Crippen LogP contribution in [0.15, 0.2) is 30.6 Å². The van der Waals surface area contributed by atoms with Gasteiger partial charge in [-0.25, -0.2) is 9.97 Å². The SMILES string of the molecule is COC[C@@H](c1ccc(C(F)(F)F)cc1)N1CCN(C2(C)CCN(C(=O)c3c(C)ncnc3C)CC2)C[C@@H]1C.I. The monoisotopic (exact) mass is 661 g/mol. The number of halogens is 4. The molecule has 39 heavy (non-hydrogen) atoms. The first-order chi connectivity index (χ1) is 17.9. The van der Waals surface area contributed by atoms with Gasteiger partial charge in [0, 0.05) is 51.4 Å². The summed E-state index contributed by atoms with van der Waals surface area (Å²) < 4.78 is 44.7. The van der Waals surface area contributed by atoms with Gasteiger partial charge in [0.1, 0.15) is 6.33 Å². The molecule has 4 rings (SSSR count). The Balaban J connectivity index is 0.00000420. The topological polar surface area (TPSA) is 61.8 Å². The molecule has 0 spiro atoms. The van der Waals surface area contributed by atoms with Crippen molar-refractivity contribution in [2.45, 2.75) is 64.3 Å². The number of aryl methyl sites for hydroxylation is 2. The van der Waals surface area contributed by atoms with Gasteiger partial charge >= 0.3 is 6.18 Å². The molecule has 0 radical (unpaired) electrons. The number of aromatic nitrogens is 2. The first-order valence-electron chi connectivity index (χ1n) is 13.2. The highest BCUT2D eigenvalue weighted by atomic mass is 127. The third-order valence-corrected chi connectivity index (χ3v) is 8.36. The van der Waals surface area contributed by atoms with Crippen LogP contribution >= 0.6 is 24.0 Å². The lowest BCUT2D eigenvalue weighted by molar-refractivity contribution is -0.137. The summed E-state index contributed by atoms with van der Waals surface area (Å²) in [5.41, 5.74) is 2.18. The number of benzene rings is 1. The van der Waals surface area contributed by atoms with E-state index in [0.717, 1.165) is 50.2 Å². The van der Waals surface area contributed by atoms with Crippen molar-refractivity contribution in [3.63, 3.8) is 0 Å². The molecular formula is C28H39F3IN5O2. The molecule has 2 aromatic rings. The van der Waals surface area contributed by atoms with Crippen LogP contribution in [0.3, 0.4) is 0 Å². The average molecular weight is 662 g/mol. The van der Waals surface area contributed by atoms with Gasteiger partial charge in [-0.1, -0.05) is 12.1 Å². The number of likely N-dealkylation sites (tertiary alicyclic amines) is 1. The number of piperazine rings is 1. The van der Waals surface area contributed by atoms with E-state index >= 15 is 0 Å². The molecule has 1 aromatic heterocycles. The summed E-state index contributed by atoms with van der Waals surface area (Å²) in [5.74, 6) is -0.000198. The van der Waals surface area contributed by atoms with Crippen LogP contribution in [0.1, 0.15) is 65.6 Å². The number of amides is 1. The predicted octanol–water partition coefficient (Wildman–Crippen LogP) is 5.12. The average Bonchev–Trinajstić information content (AvgIpc) is 2.87. The summed E-state index contributed by atoms with van der Waals surface area (Å²) in [5, 5.41) is 0. The van der Waals surface area contributed by atoms with Crippen molar-refractivity contribution in [1.29, 1.82) is 0 Å². The second-order valence-corrected chi connectivity index (χ2v) is 10.8. The fourth-order valence-electron chi connectivity index (χ4n) is 5.93. The number of rotatable bonds is 6. The Labute approximate surface area is 246 Å². The molecule has 2 saturated heterocycles. The summed E-state index contributed by atoms with van der Waals surface area (Å²) in [7, 11) is 1.62. The van der Waals surface area contributed by atoms with Crippen LogP contribution in [0.2, 0.25) is 0 Å². The van der Waals surface area contributed by atoms with Crippen LogP contribution < -0.4 is 0 Å². The maximum absolute atomic E-state index is 13.2. The highest BCUT2D eigenvalue weighted by Crippen LogP contribution is 2.35. The van der Waals surface area contributed by atoms with Crippen molar-refractivity contribution in [2.24, 2.45) is 0 Å². The van der Waals surface area contributed by atoms with Gasteiger partial charge in [-0.15, -0.1) is 24.0 Å². The predicted molar refractivity (Wildman–Crippen MR) is 154 cm³/mol. The van der Waals surface area contributed by atoms with E-state index in [0.29, 0.717) is 36.6 Å². The Morgan fingerprint density at radius 2 is 1.67 bits per heavy atom. The Hall–Kier alpha value is -1.83. The molecule has 0 aliphatic carbocycles. The second-order valence-electron chi connectivity index (χ2n) is 10.8. The van der Waals surface area contributed by atoms with Gasteiger partial charge < -0.3 is 9.64 Å². The molecule has 0 unspecified atom stereocenters. The molecule has 2 aliphatic heterocycles. The molecule has 0 bridgehead atoms. The van der Waals surface area contributed by atoms with Gasteiger partial charge in [0.25, 0.3) is 5.91 Å². The van der Waals surface area contributed by atoms with E-state index in [1.54, 1.807) is 19.2 Å². The molecule has 2 aliphatic rings. The molecule has 0 saturated carbocycles. The third kappa shape index (κ3) is 6.91. The Bertz CT molecular complexity index is 1100. The molecule has 2 fully saturated rings. The Morgan fingerprint density at radius 1 is 1.08 bits per heavy atom. The van der Waals surface area contributed by atoms with E-state index in [1.807, 2.05) is 18.7 Å². The molecule has 3 heterocycles. The van der Waals surface area contributed by atoms with Crippen LogP contribution in [-0.2, 0) is 10.9 Å². The van der Waals surface area contributed by atoms with E-state index in [4.69, 9.17) is 4.74 Å². The molecule has 7 nitrogen and oxygen atoms in total. The van der Waals surface area contributed by atoms with Gasteiger partial charge in [0.05, 0.1) is 35.2 Å². The first kappa shape index (κ1) is 31.7. The summed E-state index contributed by atoms with van der Waals surface area (Å²) in [6, 6.07) is 5.52. The second kappa shape index (κ2) is 12.8. The number of ether oxygens (including phenoxy) is 1. The Kier molecular flexibility index (Phi) is 10.4. The van der Waals surface area contributed by atoms with Crippen LogP contribution in [0.25, 0.3) is 0 Å². The highest BCUT2D eigenvalue weighted by Gasteiger charge is 2.41. The highest BCUT2D eigenvalue weighted by molar-refractivity contribution is 14.0. The van der Waals surface area contributed by atoms with E-state index in [-0.39, 0.29) is 47.5 Å². The summed E-state index contributed by atoms with van der Waals surface area (Å²) in [6.07, 6.45) is -1.12. The standard InChI is InChI=1S/C28H38F3N5O2.HI/c1-19-16-35(14-15-36(19)24(17-38-5)22-6-8-23(9-7-22)28(29,30)31)27(4)10-12-34(13-11-27)26(37)25-20(2)32-18-33-21(25)3;/h6-9,18-19,24H,10-17H2,1-5H3;1H/t19-,24-;/m0./s1. The molecule has 216 valence electrons. The minimum absolute atomic E-state index is 0. The lowest BCUT2D eigenvalue weighted by atomic mass is 9.86. The van der Waals surface area contributed by atoms with Crippen molar-refractivity contribution in [1.82, 2.24) is 24.7 Å². The van der Waals surface area contributed by atoms with Crippen molar-refractivity contribution >= 4 is 29.9 Å². The van der Waals surface area contributed by atoms with Gasteiger partial charge in [-0.3, -0.25) is 14.6 Å². The zero-order valence-corrected chi connectivity index (χ0v) is 25.6. The number of hydrogen-bond acceptors (Lipinski definition) is 6. The lowest BCUT2D eigenvalue weighted by Gasteiger charge is -2.52. The maximum Gasteiger partial charge on any atom is 0.416 e. The van der Waals surface area contributed by atoms with E-state index in [1.165, 1.54) is 6.33 Å². The van der Waals surface area contributed by atoms with Gasteiger partial charge in [-0.05, 0) is 58.2 Å². The summed E-state index contributed by atoms with van der Waals surface area (Å²) in [4.78, 5) is 28.4. The minimum atomic E-state index is -4.35. The molecule has 1 amide bonds. The van der Waals surface area contributed by atoms with E-state index in [9.17, 15) is 18.0 Å². The zero-order chi connectivity index (χ0) is 27.7. The van der Waals surface area contributed by atoms with Crippen molar-refractivity contribution in [2.75, 3.05) is 46.4 Å². The number of piperidine rings is 1. The molecule has 1 aromatic carbocycles. The van der Waals surface area contributed by atoms with Gasteiger partial charge in [0.15, 0.2) is 0 Å². The third-order valence-electron chi connectivity index (χ3n) is 8.36. The molecule has 11 heteroatoms. The quantitative estimate of drug-likeness (QED) is 0.401. The fraction of sp³-hybridized carbons (Fsp3) is 0.607. The van der Waals surface area contributed by atoms with E-state index in [2.05, 4.69) is 33.6 Å². The number of hydrogen-bond donors (Lipinski definition) is 0. The normalized spacial score (nSPS) is 21.3. The smallest absolute Gasteiger partial charge is 0.383 e. The van der Waals surface area contributed by atoms with Crippen LogP contribution in [0.5, 0.6) is 0 Å². The van der Waals surface area contributed by atoms with Gasteiger partial charge in [0.2, 0.25) is 0 Å². The number of carbonyl (C=O) groups is 1. The van der Waals surface area contributed by atoms with E-state index < -0.39 is 11.7 Å². The molecular weight excluding hydrogens is 622 g/mol. The number of methoxy groups -OCH3 is 1. The van der Waals surface area contributed by atoms with Crippen molar-refractivity contribution in [3.8, 4) is 0 Å². The Morgan fingerprint density at radius 3 is 2.18 bits per heavy atom. The number of nitrogens with zero attached hydrogens (tertiary/aromatic N) is 5. The maximum atomic E-state index is 13.2. The first-order valence-corrected chi connectivity index (χ1v) is 13.2. The van der Waals surface area contributed by atoms with Crippen molar-refractivity contribution in [3.05, 3.63) is 58.7 Å². The number of alkyl halides is 3. The van der Waals surface area contributed by atoms with Crippen LogP contribution in [0.4, 0.5) is 13.2 Å². The summed E-state index contributed by atoms with van der Waals surface area (Å²) in [6.45, 7) is 12.4. The van der Waals surface area contributed by atoms with Crippen molar-refractivity contribution < 1.29 is 22.7 Å². The van der Waals surface area contributed by atoms with Gasteiger partial charge in [-0.2, -0.15) is 13.2 Å². The largest absolute Gasteiger partial charge is 0.416 e. The summed E-state index contributed by atoms with van der Waals surface area (Å²) >= 11 is 0. The van der Waals surface area contributed by atoms with Crippen LogP contribution in [-0.4, -0.2) is 88.6 Å². The minimum Gasteiger partial charge on any atom is -0.383 e. The fourth-order valence-corrected chi connectivity index (χ4v) is 5.93. The molecule has 2 atom stereocenters. The lowest BCUT2D eigenvalue weighted by Crippen LogP contribution is -2.62. The molecule has 0 N–H and O–H groups in total. The van der Waals surface area contributed by atoms with Crippen LogP contribution in [0, 0.1) is 13.8 Å². The zero-order valence-electron chi connectivity index (χ0n) is 23.3.